The maximum atomic E-state index is 5.89. The number of hydrogen-bond acceptors (Lipinski definition) is 5. The quantitative estimate of drug-likeness (QED) is 0.660. The minimum atomic E-state index is 0.496. The normalized spacial score (nSPS) is 10.2. The number of hydrogen-bond donors (Lipinski definition) is 2. The van der Waals surface area contributed by atoms with Crippen molar-refractivity contribution in [1.82, 2.24) is 9.97 Å². The van der Waals surface area contributed by atoms with Gasteiger partial charge in [-0.2, -0.15) is 4.98 Å². The minimum absolute atomic E-state index is 0.496. The Labute approximate surface area is 145 Å². The lowest BCUT2D eigenvalue weighted by Gasteiger charge is -2.12. The molecule has 0 saturated heterocycles. The highest BCUT2D eigenvalue weighted by Gasteiger charge is 2.05. The van der Waals surface area contributed by atoms with Crippen LogP contribution >= 0.6 is 11.6 Å². The van der Waals surface area contributed by atoms with E-state index >= 15 is 0 Å². The zero-order valence-electron chi connectivity index (χ0n) is 13.2. The van der Waals surface area contributed by atoms with E-state index in [9.17, 15) is 0 Å². The van der Waals surface area contributed by atoms with Gasteiger partial charge in [-0.25, -0.2) is 4.98 Å². The molecule has 0 bridgehead atoms. The van der Waals surface area contributed by atoms with Crippen molar-refractivity contribution in [1.29, 1.82) is 0 Å². The molecule has 0 fully saturated rings. The first-order valence-corrected chi connectivity index (χ1v) is 7.97. The summed E-state index contributed by atoms with van der Waals surface area (Å²) < 4.78 is 5.61. The molecule has 0 unspecified atom stereocenters. The first-order valence-electron chi connectivity index (χ1n) is 7.59. The number of para-hydroxylation sites is 2. The molecule has 3 rings (SSSR count). The van der Waals surface area contributed by atoms with Gasteiger partial charge >= 0.3 is 0 Å². The molecule has 0 aliphatic rings. The third-order valence-corrected chi connectivity index (χ3v) is 3.46. The van der Waals surface area contributed by atoms with Crippen LogP contribution in [0.2, 0.25) is 5.02 Å². The Hall–Kier alpha value is -2.79. The van der Waals surface area contributed by atoms with Crippen LogP contribution in [0.4, 0.5) is 23.1 Å². The van der Waals surface area contributed by atoms with Crippen LogP contribution < -0.4 is 15.4 Å². The first-order chi connectivity index (χ1) is 11.7. The van der Waals surface area contributed by atoms with Gasteiger partial charge in [-0.3, -0.25) is 0 Å². The number of aromatic nitrogens is 2. The SMILES string of the molecule is CCOc1ccccc1Nc1ccnc(Nc2ccc(Cl)cc2)n1. The summed E-state index contributed by atoms with van der Waals surface area (Å²) in [6, 6.07) is 16.9. The highest BCUT2D eigenvalue weighted by Crippen LogP contribution is 2.27. The number of rotatable bonds is 6. The van der Waals surface area contributed by atoms with Gasteiger partial charge < -0.3 is 15.4 Å². The number of anilines is 4. The molecule has 5 nitrogen and oxygen atoms in total. The number of benzene rings is 2. The van der Waals surface area contributed by atoms with Gasteiger partial charge in [-0.1, -0.05) is 23.7 Å². The van der Waals surface area contributed by atoms with Crippen LogP contribution in [0, 0.1) is 0 Å². The second-order valence-corrected chi connectivity index (χ2v) is 5.39. The molecule has 0 saturated carbocycles. The topological polar surface area (TPSA) is 59.1 Å². The van der Waals surface area contributed by atoms with E-state index in [1.165, 1.54) is 0 Å². The molecule has 0 amide bonds. The Balaban J connectivity index is 1.77. The molecule has 0 spiro atoms. The highest BCUT2D eigenvalue weighted by molar-refractivity contribution is 6.30. The average molecular weight is 341 g/mol. The Morgan fingerprint density at radius 2 is 1.79 bits per heavy atom. The molecule has 6 heteroatoms. The molecule has 24 heavy (non-hydrogen) atoms. The van der Waals surface area contributed by atoms with E-state index < -0.39 is 0 Å². The van der Waals surface area contributed by atoms with Gasteiger partial charge in [0, 0.05) is 16.9 Å². The Morgan fingerprint density at radius 1 is 1.00 bits per heavy atom. The molecule has 0 radical (unpaired) electrons. The van der Waals surface area contributed by atoms with Crippen molar-refractivity contribution in [3.8, 4) is 5.75 Å². The zero-order chi connectivity index (χ0) is 16.8. The number of nitrogens with zero attached hydrogens (tertiary/aromatic N) is 2. The van der Waals surface area contributed by atoms with Crippen LogP contribution in [-0.4, -0.2) is 16.6 Å². The van der Waals surface area contributed by atoms with Crippen molar-refractivity contribution < 1.29 is 4.74 Å². The first kappa shape index (κ1) is 16.1. The van der Waals surface area contributed by atoms with Crippen molar-refractivity contribution >= 4 is 34.7 Å². The molecule has 0 atom stereocenters. The summed E-state index contributed by atoms with van der Waals surface area (Å²) in [4.78, 5) is 8.70. The largest absolute Gasteiger partial charge is 0.492 e. The van der Waals surface area contributed by atoms with E-state index in [2.05, 4.69) is 20.6 Å². The van der Waals surface area contributed by atoms with Crippen molar-refractivity contribution in [3.63, 3.8) is 0 Å². The van der Waals surface area contributed by atoms with E-state index in [1.54, 1.807) is 12.3 Å². The van der Waals surface area contributed by atoms with Gasteiger partial charge in [0.05, 0.1) is 12.3 Å². The Bertz CT molecular complexity index is 808. The molecule has 1 aromatic heterocycles. The maximum Gasteiger partial charge on any atom is 0.229 e. The summed E-state index contributed by atoms with van der Waals surface area (Å²) >= 11 is 5.89. The van der Waals surface area contributed by atoms with Crippen LogP contribution in [0.1, 0.15) is 6.92 Å². The third-order valence-electron chi connectivity index (χ3n) is 3.21. The molecule has 122 valence electrons. The molecule has 2 aromatic carbocycles. The standard InChI is InChI=1S/C18H17ClN4O/c1-2-24-16-6-4-3-5-15(16)22-17-11-12-20-18(23-17)21-14-9-7-13(19)8-10-14/h3-12H,2H2,1H3,(H2,20,21,22,23). The maximum absolute atomic E-state index is 5.89. The van der Waals surface area contributed by atoms with Crippen LogP contribution in [0.5, 0.6) is 5.75 Å². The molecular weight excluding hydrogens is 324 g/mol. The van der Waals surface area contributed by atoms with Gasteiger partial charge in [0.1, 0.15) is 11.6 Å². The second-order valence-electron chi connectivity index (χ2n) is 4.95. The Morgan fingerprint density at radius 3 is 2.58 bits per heavy atom. The third kappa shape index (κ3) is 4.14. The van der Waals surface area contributed by atoms with Crippen LogP contribution in [0.15, 0.2) is 60.8 Å². The summed E-state index contributed by atoms with van der Waals surface area (Å²) in [5, 5.41) is 7.08. The summed E-state index contributed by atoms with van der Waals surface area (Å²) in [6.07, 6.45) is 1.69. The monoisotopic (exact) mass is 340 g/mol. The number of ether oxygens (including phenoxy) is 1. The highest BCUT2D eigenvalue weighted by atomic mass is 35.5. The summed E-state index contributed by atoms with van der Waals surface area (Å²) in [5.41, 5.74) is 1.72. The van der Waals surface area contributed by atoms with Gasteiger partial charge in [-0.15, -0.1) is 0 Å². The molecule has 0 aliphatic heterocycles. The van der Waals surface area contributed by atoms with Gasteiger partial charge in [0.2, 0.25) is 5.95 Å². The van der Waals surface area contributed by atoms with E-state index in [0.29, 0.717) is 23.4 Å². The summed E-state index contributed by atoms with van der Waals surface area (Å²) in [6.45, 7) is 2.56. The van der Waals surface area contributed by atoms with Crippen molar-refractivity contribution in [3.05, 3.63) is 65.8 Å². The van der Waals surface area contributed by atoms with E-state index in [-0.39, 0.29) is 0 Å². The van der Waals surface area contributed by atoms with Gasteiger partial charge in [0.25, 0.3) is 0 Å². The van der Waals surface area contributed by atoms with Gasteiger partial charge in [0.15, 0.2) is 0 Å². The number of nitrogens with one attached hydrogen (secondary N) is 2. The average Bonchev–Trinajstić information content (AvgIpc) is 2.59. The lowest BCUT2D eigenvalue weighted by atomic mass is 10.3. The molecule has 2 N–H and O–H groups in total. The van der Waals surface area contributed by atoms with E-state index in [0.717, 1.165) is 17.1 Å². The van der Waals surface area contributed by atoms with Crippen molar-refractivity contribution in [2.75, 3.05) is 17.2 Å². The van der Waals surface area contributed by atoms with E-state index in [4.69, 9.17) is 16.3 Å². The lowest BCUT2D eigenvalue weighted by Crippen LogP contribution is -2.02. The summed E-state index contributed by atoms with van der Waals surface area (Å²) in [5.74, 6) is 1.95. The predicted molar refractivity (Wildman–Crippen MR) is 97.7 cm³/mol. The summed E-state index contributed by atoms with van der Waals surface area (Å²) in [7, 11) is 0. The fourth-order valence-corrected chi connectivity index (χ4v) is 2.27. The molecule has 1 heterocycles. The van der Waals surface area contributed by atoms with Gasteiger partial charge in [-0.05, 0) is 49.4 Å². The van der Waals surface area contributed by atoms with Crippen LogP contribution in [-0.2, 0) is 0 Å². The second kappa shape index (κ2) is 7.66. The zero-order valence-corrected chi connectivity index (χ0v) is 13.9. The molecular formula is C18H17ClN4O. The smallest absolute Gasteiger partial charge is 0.229 e. The van der Waals surface area contributed by atoms with Crippen molar-refractivity contribution in [2.45, 2.75) is 6.92 Å². The van der Waals surface area contributed by atoms with Crippen LogP contribution in [0.25, 0.3) is 0 Å². The molecule has 0 aliphatic carbocycles. The Kier molecular flexibility index (Phi) is 5.13. The fourth-order valence-electron chi connectivity index (χ4n) is 2.14. The lowest BCUT2D eigenvalue weighted by molar-refractivity contribution is 0.342. The fraction of sp³-hybridized carbons (Fsp3) is 0.111. The number of halogens is 1. The molecule has 3 aromatic rings. The minimum Gasteiger partial charge on any atom is -0.492 e. The van der Waals surface area contributed by atoms with Crippen molar-refractivity contribution in [2.24, 2.45) is 0 Å². The van der Waals surface area contributed by atoms with E-state index in [1.807, 2.05) is 55.5 Å². The predicted octanol–water partition coefficient (Wildman–Crippen LogP) is 5.02. The van der Waals surface area contributed by atoms with Crippen LogP contribution in [0.3, 0.4) is 0 Å².